The summed E-state index contributed by atoms with van der Waals surface area (Å²) in [5.41, 5.74) is 1.65. The van der Waals surface area contributed by atoms with Gasteiger partial charge in [-0.1, -0.05) is 53.9 Å². The summed E-state index contributed by atoms with van der Waals surface area (Å²) in [5.74, 6) is -0.546. The molecule has 2 atom stereocenters. The number of amides is 2. The molecule has 0 spiro atoms. The number of aryl methyl sites for hydroxylation is 1. The predicted molar refractivity (Wildman–Crippen MR) is 171 cm³/mol. The monoisotopic (exact) mass is 697 g/mol. The Morgan fingerprint density at radius 3 is 2.19 bits per heavy atom. The van der Waals surface area contributed by atoms with Gasteiger partial charge >= 0.3 is 0 Å². The number of carbonyl (C=O) groups excluding carboxylic acids is 2. The van der Waals surface area contributed by atoms with Crippen molar-refractivity contribution in [3.63, 3.8) is 0 Å². The first-order valence-electron chi connectivity index (χ1n) is 13.3. The Bertz CT molecular complexity index is 1520. The van der Waals surface area contributed by atoms with Crippen LogP contribution in [0, 0.1) is 6.92 Å². The molecule has 0 saturated carbocycles. The van der Waals surface area contributed by atoms with Gasteiger partial charge in [0.05, 0.1) is 22.2 Å². The Kier molecular flexibility index (Phi) is 11.7. The van der Waals surface area contributed by atoms with Gasteiger partial charge < -0.3 is 15.0 Å². The molecule has 12 heteroatoms. The Hall–Kier alpha value is -2.79. The fraction of sp³-hybridized carbons (Fsp3) is 0.333. The van der Waals surface area contributed by atoms with Crippen molar-refractivity contribution >= 4 is 66.7 Å². The topological polar surface area (TPSA) is 96.0 Å². The Morgan fingerprint density at radius 1 is 1.02 bits per heavy atom. The molecule has 42 heavy (non-hydrogen) atoms. The number of sulfonamides is 1. The average molecular weight is 699 g/mol. The van der Waals surface area contributed by atoms with Gasteiger partial charge in [-0.3, -0.25) is 13.9 Å². The number of ether oxygens (including phenoxy) is 1. The summed E-state index contributed by atoms with van der Waals surface area (Å²) in [6.07, 6.45) is 0.694. The molecular formula is C30H34BrCl2N3O5S. The summed E-state index contributed by atoms with van der Waals surface area (Å²) in [7, 11) is -2.78. The molecular weight excluding hydrogens is 665 g/mol. The van der Waals surface area contributed by atoms with Crippen LogP contribution in [0.1, 0.15) is 38.3 Å². The SMILES string of the molecule is CC[C@H](C)NC(=O)[C@@H](C)N(Cc1c(Cl)cccc1Cl)C(=O)CN(c1ccc(C)cc1)S(=O)(=O)c1ccc(OC)c(Br)c1. The molecule has 0 unspecified atom stereocenters. The molecule has 3 aromatic rings. The van der Waals surface area contributed by atoms with Crippen LogP contribution in [0.3, 0.4) is 0 Å². The Morgan fingerprint density at radius 2 is 1.64 bits per heavy atom. The highest BCUT2D eigenvalue weighted by atomic mass is 79.9. The lowest BCUT2D eigenvalue weighted by atomic mass is 10.1. The highest BCUT2D eigenvalue weighted by Gasteiger charge is 2.33. The van der Waals surface area contributed by atoms with Crippen LogP contribution in [-0.4, -0.2) is 50.9 Å². The van der Waals surface area contributed by atoms with Crippen LogP contribution >= 0.6 is 39.1 Å². The molecule has 0 aliphatic carbocycles. The third kappa shape index (κ3) is 7.98. The van der Waals surface area contributed by atoms with Crippen molar-refractivity contribution < 1.29 is 22.7 Å². The fourth-order valence-corrected chi connectivity index (χ4v) is 6.73. The normalized spacial score (nSPS) is 12.8. The van der Waals surface area contributed by atoms with Gasteiger partial charge in [-0.2, -0.15) is 0 Å². The lowest BCUT2D eigenvalue weighted by molar-refractivity contribution is -0.139. The summed E-state index contributed by atoms with van der Waals surface area (Å²) in [6.45, 7) is 6.57. The number of anilines is 1. The lowest BCUT2D eigenvalue weighted by Crippen LogP contribution is -2.52. The summed E-state index contributed by atoms with van der Waals surface area (Å²) in [4.78, 5) is 28.5. The maximum atomic E-state index is 14.1. The van der Waals surface area contributed by atoms with E-state index in [4.69, 9.17) is 27.9 Å². The zero-order valence-corrected chi connectivity index (χ0v) is 27.9. The molecule has 8 nitrogen and oxygen atoms in total. The van der Waals surface area contributed by atoms with Crippen molar-refractivity contribution in [1.29, 1.82) is 0 Å². The van der Waals surface area contributed by atoms with Gasteiger partial charge in [-0.05, 0) is 85.6 Å². The smallest absolute Gasteiger partial charge is 0.264 e. The number of halogens is 3. The number of nitrogens with one attached hydrogen (secondary N) is 1. The maximum absolute atomic E-state index is 14.1. The summed E-state index contributed by atoms with van der Waals surface area (Å²) < 4.78 is 34.8. The van der Waals surface area contributed by atoms with E-state index in [0.29, 0.717) is 32.3 Å². The van der Waals surface area contributed by atoms with E-state index < -0.39 is 28.5 Å². The van der Waals surface area contributed by atoms with Crippen molar-refractivity contribution in [2.75, 3.05) is 18.0 Å². The van der Waals surface area contributed by atoms with E-state index in [9.17, 15) is 18.0 Å². The van der Waals surface area contributed by atoms with Crippen LogP contribution in [0.2, 0.25) is 10.0 Å². The van der Waals surface area contributed by atoms with Crippen LogP contribution in [0.5, 0.6) is 5.75 Å². The second-order valence-corrected chi connectivity index (χ2v) is 13.4. The van der Waals surface area contributed by atoms with Gasteiger partial charge in [0.15, 0.2) is 0 Å². The zero-order chi connectivity index (χ0) is 31.2. The van der Waals surface area contributed by atoms with Crippen molar-refractivity contribution in [2.45, 2.75) is 57.6 Å². The third-order valence-electron chi connectivity index (χ3n) is 6.87. The Labute approximate surface area is 266 Å². The fourth-order valence-electron chi connectivity index (χ4n) is 4.08. The number of hydrogen-bond acceptors (Lipinski definition) is 5. The molecule has 0 bridgehead atoms. The van der Waals surface area contributed by atoms with E-state index in [0.717, 1.165) is 9.87 Å². The van der Waals surface area contributed by atoms with E-state index >= 15 is 0 Å². The van der Waals surface area contributed by atoms with Gasteiger partial charge in [-0.15, -0.1) is 0 Å². The van der Waals surface area contributed by atoms with Gasteiger partial charge in [0.1, 0.15) is 18.3 Å². The van der Waals surface area contributed by atoms with Gasteiger partial charge in [0.2, 0.25) is 11.8 Å². The Balaban J connectivity index is 2.08. The maximum Gasteiger partial charge on any atom is 0.264 e. The zero-order valence-electron chi connectivity index (χ0n) is 24.0. The van der Waals surface area contributed by atoms with Crippen LogP contribution < -0.4 is 14.4 Å². The van der Waals surface area contributed by atoms with Gasteiger partial charge in [0, 0.05) is 28.2 Å². The molecule has 0 aromatic heterocycles. The van der Waals surface area contributed by atoms with Crippen molar-refractivity contribution in [1.82, 2.24) is 10.2 Å². The van der Waals surface area contributed by atoms with Gasteiger partial charge in [-0.25, -0.2) is 8.42 Å². The largest absolute Gasteiger partial charge is 0.496 e. The molecule has 0 aliphatic rings. The minimum absolute atomic E-state index is 0.0492. The van der Waals surface area contributed by atoms with Crippen LogP contribution in [-0.2, 0) is 26.2 Å². The molecule has 0 heterocycles. The van der Waals surface area contributed by atoms with E-state index in [1.165, 1.54) is 30.2 Å². The van der Waals surface area contributed by atoms with Crippen LogP contribution in [0.15, 0.2) is 70.0 Å². The number of methoxy groups -OCH3 is 1. The molecule has 3 aromatic carbocycles. The summed E-state index contributed by atoms with van der Waals surface area (Å²) in [6, 6.07) is 15.0. The number of benzene rings is 3. The number of hydrogen-bond donors (Lipinski definition) is 1. The lowest BCUT2D eigenvalue weighted by Gasteiger charge is -2.33. The predicted octanol–water partition coefficient (Wildman–Crippen LogP) is 6.60. The first-order valence-corrected chi connectivity index (χ1v) is 16.2. The number of rotatable bonds is 12. The standard InChI is InChI=1S/C30H34BrCl2N3O5S/c1-6-20(3)34-30(38)21(4)35(17-24-26(32)8-7-9-27(24)33)29(37)18-36(22-12-10-19(2)11-13-22)42(39,40)23-14-15-28(41-5)25(31)16-23/h7-16,20-21H,6,17-18H2,1-5H3,(H,34,38)/t20-,21+/m0/s1. The molecule has 0 saturated heterocycles. The van der Waals surface area contributed by atoms with Crippen molar-refractivity contribution in [3.8, 4) is 5.75 Å². The van der Waals surface area contributed by atoms with Crippen molar-refractivity contribution in [2.24, 2.45) is 0 Å². The third-order valence-corrected chi connectivity index (χ3v) is 9.97. The van der Waals surface area contributed by atoms with Crippen LogP contribution in [0.25, 0.3) is 0 Å². The minimum Gasteiger partial charge on any atom is -0.496 e. The molecule has 0 fully saturated rings. The average Bonchev–Trinajstić information content (AvgIpc) is 2.95. The van der Waals surface area contributed by atoms with E-state index in [2.05, 4.69) is 21.2 Å². The highest BCUT2D eigenvalue weighted by Crippen LogP contribution is 2.32. The second-order valence-electron chi connectivity index (χ2n) is 9.86. The number of carbonyl (C=O) groups is 2. The van der Waals surface area contributed by atoms with Gasteiger partial charge in [0.25, 0.3) is 10.0 Å². The molecule has 0 radical (unpaired) electrons. The second kappa shape index (κ2) is 14.6. The quantitative estimate of drug-likeness (QED) is 0.230. The molecule has 226 valence electrons. The van der Waals surface area contributed by atoms with E-state index in [1.807, 2.05) is 20.8 Å². The molecule has 1 N–H and O–H groups in total. The number of nitrogens with zero attached hydrogens (tertiary/aromatic N) is 2. The molecule has 0 aliphatic heterocycles. The first kappa shape index (κ1) is 33.7. The van der Waals surface area contributed by atoms with E-state index in [1.54, 1.807) is 49.4 Å². The van der Waals surface area contributed by atoms with E-state index in [-0.39, 0.29) is 29.1 Å². The first-order chi connectivity index (χ1) is 19.8. The minimum atomic E-state index is -4.25. The molecule has 3 rings (SSSR count). The summed E-state index contributed by atoms with van der Waals surface area (Å²) in [5, 5.41) is 3.54. The van der Waals surface area contributed by atoms with Crippen molar-refractivity contribution in [3.05, 3.63) is 86.3 Å². The van der Waals surface area contributed by atoms with Crippen LogP contribution in [0.4, 0.5) is 5.69 Å². The summed E-state index contributed by atoms with van der Waals surface area (Å²) >= 11 is 16.2. The molecule has 2 amide bonds. The highest BCUT2D eigenvalue weighted by molar-refractivity contribution is 9.10.